The first-order valence-electron chi connectivity index (χ1n) is 10.8. The van der Waals surface area contributed by atoms with Gasteiger partial charge in [0.25, 0.3) is 5.91 Å². The summed E-state index contributed by atoms with van der Waals surface area (Å²) in [5.74, 6) is 0.927. The number of likely N-dealkylation sites (N-methyl/N-ethyl adjacent to an activating group) is 1. The highest BCUT2D eigenvalue weighted by Gasteiger charge is 2.37. The van der Waals surface area contributed by atoms with Gasteiger partial charge in [0.05, 0.1) is 28.0 Å². The van der Waals surface area contributed by atoms with Crippen LogP contribution in [0.4, 0.5) is 16.2 Å². The maximum Gasteiger partial charge on any atom is 0.323 e. The standard InChI is InChI=1S/C24H25Cl2N5O2S/c1-14-20(22(32)30(2)3)21(31-10-5-11-34-24(31)27-14)15-6-4-7-17(12-15)28-23(33)29-19-9-8-16(25)13-18(19)26/h4,6-9,12-13,21H,5,10-11H2,1-3H3,(H2,28,29,33). The van der Waals surface area contributed by atoms with Gasteiger partial charge in [-0.3, -0.25) is 4.79 Å². The van der Waals surface area contributed by atoms with Crippen LogP contribution in [0.2, 0.25) is 10.0 Å². The largest absolute Gasteiger partial charge is 0.345 e. The normalized spacial score (nSPS) is 17.6. The molecule has 1 fully saturated rings. The number of hydrogen-bond donors (Lipinski definition) is 2. The molecule has 1 unspecified atom stereocenters. The van der Waals surface area contributed by atoms with Crippen molar-refractivity contribution in [3.05, 3.63) is 69.3 Å². The minimum absolute atomic E-state index is 0.0747. The van der Waals surface area contributed by atoms with Crippen molar-refractivity contribution in [2.24, 2.45) is 4.99 Å². The lowest BCUT2D eigenvalue weighted by atomic mass is 9.93. The Labute approximate surface area is 213 Å². The molecule has 1 saturated heterocycles. The molecule has 0 spiro atoms. The molecular formula is C24H25Cl2N5O2S. The number of benzene rings is 2. The Hall–Kier alpha value is -2.68. The smallest absolute Gasteiger partial charge is 0.323 e. The molecule has 3 amide bonds. The van der Waals surface area contributed by atoms with Crippen molar-refractivity contribution in [3.8, 4) is 0 Å². The second-order valence-corrected chi connectivity index (χ2v) is 10.1. The summed E-state index contributed by atoms with van der Waals surface area (Å²) in [5, 5.41) is 7.35. The van der Waals surface area contributed by atoms with Gasteiger partial charge in [-0.05, 0) is 49.2 Å². The average Bonchev–Trinajstić information content (AvgIpc) is 2.79. The maximum absolute atomic E-state index is 13.2. The van der Waals surface area contributed by atoms with Gasteiger partial charge in [-0.1, -0.05) is 47.1 Å². The van der Waals surface area contributed by atoms with Gasteiger partial charge in [0.15, 0.2) is 5.17 Å². The van der Waals surface area contributed by atoms with Crippen LogP contribution in [-0.2, 0) is 4.79 Å². The predicted octanol–water partition coefficient (Wildman–Crippen LogP) is 5.85. The quantitative estimate of drug-likeness (QED) is 0.533. The van der Waals surface area contributed by atoms with Crippen LogP contribution in [0.3, 0.4) is 0 Å². The van der Waals surface area contributed by atoms with Gasteiger partial charge in [-0.25, -0.2) is 9.79 Å². The number of halogens is 2. The fourth-order valence-corrected chi connectivity index (χ4v) is 5.47. The van der Waals surface area contributed by atoms with Crippen LogP contribution in [-0.4, -0.2) is 53.3 Å². The number of carbonyl (C=O) groups is 2. The molecule has 0 radical (unpaired) electrons. The Kier molecular flexibility index (Phi) is 7.40. The van der Waals surface area contributed by atoms with Crippen molar-refractivity contribution >= 4 is 63.4 Å². The third-order valence-corrected chi connectivity index (χ3v) is 7.16. The summed E-state index contributed by atoms with van der Waals surface area (Å²) in [5.41, 5.74) is 3.32. The second kappa shape index (κ2) is 10.3. The van der Waals surface area contributed by atoms with Crippen LogP contribution in [0.5, 0.6) is 0 Å². The zero-order valence-corrected chi connectivity index (χ0v) is 21.4. The van der Waals surface area contributed by atoms with Crippen molar-refractivity contribution in [2.45, 2.75) is 19.4 Å². The van der Waals surface area contributed by atoms with E-state index < -0.39 is 6.03 Å². The average molecular weight is 518 g/mol. The van der Waals surface area contributed by atoms with Gasteiger partial charge in [-0.15, -0.1) is 0 Å². The minimum Gasteiger partial charge on any atom is -0.345 e. The van der Waals surface area contributed by atoms with Gasteiger partial charge < -0.3 is 20.4 Å². The van der Waals surface area contributed by atoms with E-state index in [9.17, 15) is 9.59 Å². The molecule has 4 rings (SSSR count). The topological polar surface area (TPSA) is 77.0 Å². The van der Waals surface area contributed by atoms with E-state index in [-0.39, 0.29) is 11.9 Å². The Bertz CT molecular complexity index is 1200. The number of rotatable bonds is 4. The van der Waals surface area contributed by atoms with E-state index >= 15 is 0 Å². The molecule has 7 nitrogen and oxygen atoms in total. The number of nitrogens with zero attached hydrogens (tertiary/aromatic N) is 3. The maximum atomic E-state index is 13.2. The summed E-state index contributed by atoms with van der Waals surface area (Å²) < 4.78 is 0. The molecule has 0 aromatic heterocycles. The summed E-state index contributed by atoms with van der Waals surface area (Å²) in [4.78, 5) is 34.3. The van der Waals surface area contributed by atoms with Gasteiger partial charge in [0.2, 0.25) is 0 Å². The van der Waals surface area contributed by atoms with E-state index in [1.54, 1.807) is 55.0 Å². The lowest BCUT2D eigenvalue weighted by Gasteiger charge is -2.41. The number of anilines is 2. The number of amides is 3. The molecule has 34 heavy (non-hydrogen) atoms. The van der Waals surface area contributed by atoms with Crippen LogP contribution in [0.25, 0.3) is 0 Å². The summed E-state index contributed by atoms with van der Waals surface area (Å²) >= 11 is 13.8. The molecule has 1 atom stereocenters. The van der Waals surface area contributed by atoms with Gasteiger partial charge in [-0.2, -0.15) is 0 Å². The Balaban J connectivity index is 1.62. The fourth-order valence-electron chi connectivity index (χ4n) is 3.99. The molecule has 2 aromatic rings. The Morgan fingerprint density at radius 3 is 2.68 bits per heavy atom. The van der Waals surface area contributed by atoms with Crippen molar-refractivity contribution in [1.82, 2.24) is 9.80 Å². The van der Waals surface area contributed by atoms with Gasteiger partial charge in [0, 0.05) is 37.1 Å². The summed E-state index contributed by atoms with van der Waals surface area (Å²) in [7, 11) is 3.49. The molecule has 0 aliphatic carbocycles. The van der Waals surface area contributed by atoms with E-state index in [0.717, 1.165) is 35.1 Å². The van der Waals surface area contributed by atoms with Crippen molar-refractivity contribution < 1.29 is 9.59 Å². The number of urea groups is 1. The Morgan fingerprint density at radius 1 is 1.15 bits per heavy atom. The molecule has 2 aliphatic rings. The van der Waals surface area contributed by atoms with E-state index in [0.29, 0.717) is 27.0 Å². The fraction of sp³-hybridized carbons (Fsp3) is 0.292. The second-order valence-electron chi connectivity index (χ2n) is 8.22. The summed E-state index contributed by atoms with van der Waals surface area (Å²) in [6.45, 7) is 2.69. The molecule has 2 aliphatic heterocycles. The van der Waals surface area contributed by atoms with Gasteiger partial charge in [0.1, 0.15) is 0 Å². The van der Waals surface area contributed by atoms with Crippen molar-refractivity contribution in [1.29, 1.82) is 0 Å². The number of amidine groups is 1. The summed E-state index contributed by atoms with van der Waals surface area (Å²) in [6.07, 6.45) is 1.00. The predicted molar refractivity (Wildman–Crippen MR) is 141 cm³/mol. The van der Waals surface area contributed by atoms with E-state index in [2.05, 4.69) is 15.5 Å². The molecule has 178 valence electrons. The zero-order valence-electron chi connectivity index (χ0n) is 19.1. The third kappa shape index (κ3) is 5.19. The monoisotopic (exact) mass is 517 g/mol. The molecule has 0 saturated carbocycles. The van der Waals surface area contributed by atoms with Crippen LogP contribution >= 0.6 is 35.0 Å². The molecular weight excluding hydrogens is 493 g/mol. The zero-order chi connectivity index (χ0) is 24.4. The SMILES string of the molecule is CC1=C(C(=O)N(C)C)C(c2cccc(NC(=O)Nc3ccc(Cl)cc3Cl)c2)N2CCCSC2=N1. The van der Waals surface area contributed by atoms with E-state index in [1.165, 1.54) is 0 Å². The lowest BCUT2D eigenvalue weighted by molar-refractivity contribution is -0.125. The molecule has 2 heterocycles. The van der Waals surface area contributed by atoms with Crippen LogP contribution < -0.4 is 10.6 Å². The third-order valence-electron chi connectivity index (χ3n) is 5.53. The number of nitrogens with one attached hydrogen (secondary N) is 2. The molecule has 10 heteroatoms. The Morgan fingerprint density at radius 2 is 1.94 bits per heavy atom. The van der Waals surface area contributed by atoms with Gasteiger partial charge >= 0.3 is 6.03 Å². The first kappa shape index (κ1) is 24.4. The highest BCUT2D eigenvalue weighted by molar-refractivity contribution is 8.13. The number of hydrogen-bond acceptors (Lipinski definition) is 5. The first-order valence-corrected chi connectivity index (χ1v) is 12.5. The number of aliphatic imine (C=N–C) groups is 1. The number of allylic oxidation sites excluding steroid dienone is 1. The minimum atomic E-state index is -0.433. The van der Waals surface area contributed by atoms with Crippen LogP contribution in [0.1, 0.15) is 24.9 Å². The van der Waals surface area contributed by atoms with Crippen LogP contribution in [0.15, 0.2) is 58.7 Å². The van der Waals surface area contributed by atoms with E-state index in [4.69, 9.17) is 28.2 Å². The highest BCUT2D eigenvalue weighted by atomic mass is 35.5. The highest BCUT2D eigenvalue weighted by Crippen LogP contribution is 2.40. The van der Waals surface area contributed by atoms with Crippen molar-refractivity contribution in [3.63, 3.8) is 0 Å². The molecule has 0 bridgehead atoms. The van der Waals surface area contributed by atoms with Crippen molar-refractivity contribution in [2.75, 3.05) is 37.0 Å². The molecule has 2 aromatic carbocycles. The number of carbonyl (C=O) groups excluding carboxylic acids is 2. The van der Waals surface area contributed by atoms with E-state index in [1.807, 2.05) is 25.1 Å². The number of fused-ring (bicyclic) bond motifs is 1. The lowest BCUT2D eigenvalue weighted by Crippen LogP contribution is -2.43. The molecule has 2 N–H and O–H groups in total. The number of thioether (sulfide) groups is 1. The van der Waals surface area contributed by atoms with Crippen LogP contribution in [0, 0.1) is 0 Å². The summed E-state index contributed by atoms with van der Waals surface area (Å²) in [6, 6.07) is 11.7. The first-order chi connectivity index (χ1) is 16.2.